The van der Waals surface area contributed by atoms with Crippen molar-refractivity contribution in [1.82, 2.24) is 34.5 Å². The molecule has 0 atom stereocenters. The molecule has 1 N–H and O–H groups in total. The lowest BCUT2D eigenvalue weighted by Crippen LogP contribution is -2.52. The van der Waals surface area contributed by atoms with E-state index in [1.165, 1.54) is 24.3 Å². The summed E-state index contributed by atoms with van der Waals surface area (Å²) in [6.45, 7) is -14.5. The van der Waals surface area contributed by atoms with Crippen molar-refractivity contribution in [2.24, 2.45) is 0 Å². The second kappa shape index (κ2) is 9.01. The number of carbonyl (C=O) groups is 3. The van der Waals surface area contributed by atoms with Crippen LogP contribution in [0.4, 0.5) is 0 Å². The van der Waals surface area contributed by atoms with Crippen LogP contribution in [0, 0.1) is 6.92 Å². The fourth-order valence-electron chi connectivity index (χ4n) is 3.20. The van der Waals surface area contributed by atoms with Crippen molar-refractivity contribution in [3.05, 3.63) is 65.9 Å². The molecule has 1 fully saturated rings. The van der Waals surface area contributed by atoms with Crippen molar-refractivity contribution in [2.45, 2.75) is 6.92 Å². The Labute approximate surface area is 218 Å². The molecule has 0 spiro atoms. The first-order valence-corrected chi connectivity index (χ1v) is 9.80. The van der Waals surface area contributed by atoms with Crippen molar-refractivity contribution in [1.29, 1.82) is 0 Å². The van der Waals surface area contributed by atoms with Crippen LogP contribution < -0.4 is 4.74 Å². The Balaban J connectivity index is 1.64. The summed E-state index contributed by atoms with van der Waals surface area (Å²) in [5.41, 5.74) is -1.74. The first kappa shape index (κ1) is 11.7. The van der Waals surface area contributed by atoms with Crippen molar-refractivity contribution in [3.8, 4) is 11.6 Å². The summed E-state index contributed by atoms with van der Waals surface area (Å²) in [5.74, 6) is -5.36. The number of ketones is 1. The molecule has 1 aromatic carbocycles. The van der Waals surface area contributed by atoms with Gasteiger partial charge >= 0.3 is 0 Å². The number of aromatic nitrogens is 5. The molecule has 1 saturated heterocycles. The predicted octanol–water partition coefficient (Wildman–Crippen LogP) is 1.63. The molecule has 5 rings (SSSR count). The maximum Gasteiger partial charge on any atom is 0.295 e. The molecule has 0 unspecified atom stereocenters. The molecular weight excluding hydrogens is 450 g/mol. The maximum atomic E-state index is 13.8. The van der Waals surface area contributed by atoms with E-state index in [4.69, 9.17) is 22.6 Å². The summed E-state index contributed by atoms with van der Waals surface area (Å²) in [7, 11) is 1.21. The van der Waals surface area contributed by atoms with E-state index in [2.05, 4.69) is 20.1 Å². The van der Waals surface area contributed by atoms with Gasteiger partial charge in [0.05, 0.1) is 47.6 Å². The molecule has 35 heavy (non-hydrogen) atoms. The fraction of sp³-hybridized carbons (Fsp3) is 0.250. The highest BCUT2D eigenvalue weighted by Gasteiger charge is 2.31. The number of hydrogen-bond donors (Lipinski definition) is 1. The van der Waals surface area contributed by atoms with Gasteiger partial charge in [0.2, 0.25) is 0 Å². The number of fused-ring (bicyclic) bond motifs is 1. The van der Waals surface area contributed by atoms with Crippen LogP contribution in [-0.4, -0.2) is 85.2 Å². The monoisotopic (exact) mass is 486 g/mol. The van der Waals surface area contributed by atoms with E-state index in [9.17, 15) is 14.4 Å². The number of aryl methyl sites for hydroxylation is 1. The first-order chi connectivity index (χ1) is 22.1. The van der Waals surface area contributed by atoms with Crippen LogP contribution in [0.1, 0.15) is 44.4 Å². The van der Waals surface area contributed by atoms with E-state index in [1.807, 2.05) is 0 Å². The van der Waals surface area contributed by atoms with E-state index in [1.54, 1.807) is 6.92 Å². The van der Waals surface area contributed by atoms with Crippen LogP contribution in [-0.2, 0) is 4.79 Å². The number of aromatic amines is 1. The number of benzene rings is 1. The third-order valence-electron chi connectivity index (χ3n) is 4.80. The second-order valence-corrected chi connectivity index (χ2v) is 6.90. The van der Waals surface area contributed by atoms with Gasteiger partial charge in [-0.05, 0) is 19.0 Å². The number of ether oxygens (including phenoxy) is 1. The minimum absolute atomic E-state index is 0.0705. The van der Waals surface area contributed by atoms with Gasteiger partial charge in [-0.15, -0.1) is 0 Å². The Morgan fingerprint density at radius 2 is 1.80 bits per heavy atom. The minimum atomic E-state index is -4.03. The molecule has 4 heterocycles. The third kappa shape index (κ3) is 4.01. The number of pyridine rings is 1. The summed E-state index contributed by atoms with van der Waals surface area (Å²) in [4.78, 5) is 51.0. The largest absolute Gasteiger partial charge is 0.494 e. The van der Waals surface area contributed by atoms with Gasteiger partial charge < -0.3 is 19.5 Å². The number of nitrogens with one attached hydrogen (secondary N) is 1. The van der Waals surface area contributed by atoms with Gasteiger partial charge in [-0.2, -0.15) is 5.10 Å². The van der Waals surface area contributed by atoms with Gasteiger partial charge in [-0.1, -0.05) is 18.1 Å². The third-order valence-corrected chi connectivity index (χ3v) is 4.80. The maximum absolute atomic E-state index is 13.8. The number of hydrogen-bond acceptors (Lipinski definition) is 7. The molecule has 0 saturated carbocycles. The molecular formula is C24H23N7O4. The number of rotatable bonds is 5. The zero-order valence-corrected chi connectivity index (χ0v) is 18.0. The SMILES string of the molecule is [2H]c1c([2H])c([2H])c(C(=O)N2C([2H])([2H])C([2H])([2H])N(C(=O)C(=O)c3c[nH]c4c(-n5cnc(C)n5)ncc(OC)c34)C([2H])([2H])C2([2H])[2H])c([2H])c1[2H]. The number of Topliss-reactive ketones (excluding diaryl/α,β-unsaturated/α-hetero) is 1. The van der Waals surface area contributed by atoms with Gasteiger partial charge in [0.25, 0.3) is 17.6 Å². The average molecular weight is 487 g/mol. The number of piperazine rings is 1. The summed E-state index contributed by atoms with van der Waals surface area (Å²) in [5, 5.41) is 4.04. The Morgan fingerprint density at radius 1 is 1.09 bits per heavy atom. The van der Waals surface area contributed by atoms with E-state index in [-0.39, 0.29) is 22.5 Å². The lowest BCUT2D eigenvalue weighted by atomic mass is 10.1. The van der Waals surface area contributed by atoms with Crippen LogP contribution >= 0.6 is 0 Å². The molecule has 1 aliphatic heterocycles. The fourth-order valence-corrected chi connectivity index (χ4v) is 3.20. The second-order valence-electron chi connectivity index (χ2n) is 6.90. The van der Waals surface area contributed by atoms with Gasteiger partial charge in [0, 0.05) is 37.7 Å². The van der Waals surface area contributed by atoms with Crippen LogP contribution in [0.15, 0.2) is 48.9 Å². The zero-order chi connectivity index (χ0) is 36.0. The Hall–Kier alpha value is -4.54. The molecule has 11 heteroatoms. The quantitative estimate of drug-likeness (QED) is 0.336. The van der Waals surface area contributed by atoms with Gasteiger partial charge in [-0.3, -0.25) is 14.4 Å². The van der Waals surface area contributed by atoms with Crippen molar-refractivity contribution >= 4 is 28.5 Å². The lowest BCUT2D eigenvalue weighted by molar-refractivity contribution is -0.127. The van der Waals surface area contributed by atoms with Gasteiger partial charge in [-0.25, -0.2) is 14.6 Å². The molecule has 2 amide bonds. The first-order valence-electron chi connectivity index (χ1n) is 16.3. The topological polar surface area (TPSA) is 126 Å². The molecule has 4 aromatic rings. The number of H-pyrrole nitrogens is 1. The summed E-state index contributed by atoms with van der Waals surface area (Å²) < 4.78 is 114. The normalized spacial score (nSPS) is 24.9. The number of carbonyl (C=O) groups excluding carboxylic acids is 3. The van der Waals surface area contributed by atoms with Crippen LogP contribution in [0.2, 0.25) is 0 Å². The van der Waals surface area contributed by atoms with Crippen LogP contribution in [0.5, 0.6) is 5.75 Å². The molecule has 0 radical (unpaired) electrons. The lowest BCUT2D eigenvalue weighted by Gasteiger charge is -2.34. The van der Waals surface area contributed by atoms with E-state index in [0.29, 0.717) is 5.82 Å². The summed E-state index contributed by atoms with van der Waals surface area (Å²) in [6.07, 6.45) is 3.47. The van der Waals surface area contributed by atoms with Gasteiger partial charge in [0.15, 0.2) is 5.82 Å². The molecule has 11 nitrogen and oxygen atoms in total. The smallest absolute Gasteiger partial charge is 0.295 e. The zero-order valence-electron chi connectivity index (χ0n) is 31.0. The van der Waals surface area contributed by atoms with E-state index in [0.717, 1.165) is 6.20 Å². The molecule has 3 aromatic heterocycles. The Bertz CT molecular complexity index is 1990. The number of nitrogens with zero attached hydrogens (tertiary/aromatic N) is 6. The summed E-state index contributed by atoms with van der Waals surface area (Å²) in [6, 6.07) is -5.46. The molecule has 0 aliphatic carbocycles. The minimum Gasteiger partial charge on any atom is -0.494 e. The van der Waals surface area contributed by atoms with Gasteiger partial charge in [0.1, 0.15) is 17.9 Å². The van der Waals surface area contributed by atoms with Crippen LogP contribution in [0.25, 0.3) is 16.7 Å². The van der Waals surface area contributed by atoms with E-state index < -0.39 is 94.7 Å². The number of methoxy groups -OCH3 is 1. The highest BCUT2D eigenvalue weighted by Crippen LogP contribution is 2.31. The number of amides is 2. The average Bonchev–Trinajstić information content (AvgIpc) is 3.64. The summed E-state index contributed by atoms with van der Waals surface area (Å²) >= 11 is 0. The molecule has 178 valence electrons. The Kier molecular flexibility index (Phi) is 3.02. The molecule has 0 bridgehead atoms. The predicted molar refractivity (Wildman–Crippen MR) is 126 cm³/mol. The molecule has 1 aliphatic rings. The van der Waals surface area contributed by atoms with Crippen molar-refractivity contribution in [3.63, 3.8) is 0 Å². The van der Waals surface area contributed by atoms with Crippen LogP contribution in [0.3, 0.4) is 0 Å². The van der Waals surface area contributed by atoms with Crippen molar-refractivity contribution < 1.29 is 36.9 Å². The van der Waals surface area contributed by atoms with Crippen molar-refractivity contribution in [2.75, 3.05) is 33.1 Å². The van der Waals surface area contributed by atoms with E-state index >= 15 is 0 Å². The Morgan fingerprint density at radius 3 is 2.46 bits per heavy atom. The standard InChI is InChI=1S/C24H23N7O4/c1-15-27-14-31(28-15)22-20-19(18(35-2)13-26-22)17(12-25-20)21(32)24(34)30-10-8-29(9-11-30)23(33)16-6-4-3-5-7-16/h3-7,12-14,25H,8-11H2,1-2H3/i3D,4D,5D,6D,7D,8D2,9D2,10D2,11D2. The highest BCUT2D eigenvalue weighted by molar-refractivity contribution is 6.45. The highest BCUT2D eigenvalue weighted by atomic mass is 16.5.